The molecule has 6 heteroatoms. The summed E-state index contributed by atoms with van der Waals surface area (Å²) in [5.41, 5.74) is 1.78. The minimum Gasteiger partial charge on any atom is -0.477 e. The Morgan fingerprint density at radius 2 is 1.88 bits per heavy atom. The second-order valence-electron chi connectivity index (χ2n) is 9.85. The predicted molar refractivity (Wildman–Crippen MR) is 131 cm³/mol. The number of carbonyl (C=O) groups excluding carboxylic acids is 1. The SMILES string of the molecule is CCC(CCC(C)C)C(=O)N(c1cc(C2=CCCCC2)sc1C(=O)O)C1CCC(O)CC1. The number of allylic oxidation sites excluding steroid dienone is 2. The van der Waals surface area contributed by atoms with E-state index in [0.29, 0.717) is 37.3 Å². The van der Waals surface area contributed by atoms with Gasteiger partial charge in [-0.25, -0.2) is 4.79 Å². The lowest BCUT2D eigenvalue weighted by Crippen LogP contribution is -2.46. The highest BCUT2D eigenvalue weighted by molar-refractivity contribution is 7.15. The van der Waals surface area contributed by atoms with E-state index < -0.39 is 5.97 Å². The zero-order valence-electron chi connectivity index (χ0n) is 19.8. The number of amides is 1. The van der Waals surface area contributed by atoms with Crippen LogP contribution in [0.25, 0.3) is 5.57 Å². The van der Waals surface area contributed by atoms with Crippen molar-refractivity contribution in [2.75, 3.05) is 4.90 Å². The first-order chi connectivity index (χ1) is 15.3. The Balaban J connectivity index is 2.00. The number of rotatable bonds is 9. The van der Waals surface area contributed by atoms with E-state index >= 15 is 0 Å². The van der Waals surface area contributed by atoms with Crippen molar-refractivity contribution in [1.82, 2.24) is 0 Å². The summed E-state index contributed by atoms with van der Waals surface area (Å²) in [7, 11) is 0. The molecule has 3 rings (SSSR count). The van der Waals surface area contributed by atoms with E-state index in [1.807, 2.05) is 11.0 Å². The van der Waals surface area contributed by atoms with Gasteiger partial charge < -0.3 is 15.1 Å². The number of aromatic carboxylic acids is 1. The molecule has 1 unspecified atom stereocenters. The number of aliphatic hydroxyl groups excluding tert-OH is 1. The predicted octanol–water partition coefficient (Wildman–Crippen LogP) is 6.50. The van der Waals surface area contributed by atoms with Gasteiger partial charge in [0.25, 0.3) is 0 Å². The molecule has 1 saturated carbocycles. The second-order valence-corrected chi connectivity index (χ2v) is 10.9. The van der Waals surface area contributed by atoms with Crippen molar-refractivity contribution >= 4 is 34.5 Å². The summed E-state index contributed by atoms with van der Waals surface area (Å²) in [6.45, 7) is 6.39. The van der Waals surface area contributed by atoms with Gasteiger partial charge in [0.15, 0.2) is 0 Å². The molecule has 2 N–H and O–H groups in total. The van der Waals surface area contributed by atoms with Crippen LogP contribution in [0, 0.1) is 11.8 Å². The van der Waals surface area contributed by atoms with Crippen molar-refractivity contribution in [3.05, 3.63) is 21.9 Å². The maximum Gasteiger partial charge on any atom is 0.348 e. The minimum absolute atomic E-state index is 0.0546. The lowest BCUT2D eigenvalue weighted by molar-refractivity contribution is -0.123. The van der Waals surface area contributed by atoms with Crippen LogP contribution < -0.4 is 4.90 Å². The third kappa shape index (κ3) is 6.02. The summed E-state index contributed by atoms with van der Waals surface area (Å²) in [5, 5.41) is 20.1. The molecule has 0 aromatic carbocycles. The third-order valence-electron chi connectivity index (χ3n) is 6.98. The van der Waals surface area contributed by atoms with Gasteiger partial charge in [-0.05, 0) is 81.8 Å². The van der Waals surface area contributed by atoms with E-state index in [4.69, 9.17) is 0 Å². The van der Waals surface area contributed by atoms with Crippen molar-refractivity contribution in [1.29, 1.82) is 0 Å². The number of carboxylic acids is 1. The lowest BCUT2D eigenvalue weighted by atomic mass is 9.89. The van der Waals surface area contributed by atoms with Crippen molar-refractivity contribution in [3.8, 4) is 0 Å². The molecule has 1 amide bonds. The molecule has 32 heavy (non-hydrogen) atoms. The standard InChI is InChI=1S/C26H39NO4S/c1-4-18(11-10-17(2)3)25(29)27(20-12-14-21(28)15-13-20)22-16-23(32-24(22)26(30)31)19-8-6-5-7-9-19/h8,16-18,20-21,28H,4-7,9-15H2,1-3H3,(H,30,31). The van der Waals surface area contributed by atoms with Gasteiger partial charge in [0.1, 0.15) is 4.88 Å². The molecule has 1 aromatic heterocycles. The minimum atomic E-state index is -0.962. The van der Waals surface area contributed by atoms with Crippen LogP contribution in [0.4, 0.5) is 5.69 Å². The largest absolute Gasteiger partial charge is 0.477 e. The number of carboxylic acid groups (broad SMARTS) is 1. The van der Waals surface area contributed by atoms with Crippen LogP contribution in [-0.4, -0.2) is 34.2 Å². The highest BCUT2D eigenvalue weighted by Crippen LogP contribution is 2.41. The van der Waals surface area contributed by atoms with E-state index in [1.165, 1.54) is 23.3 Å². The van der Waals surface area contributed by atoms with Gasteiger partial charge in [-0.3, -0.25) is 4.79 Å². The zero-order chi connectivity index (χ0) is 23.3. The number of anilines is 1. The molecule has 178 valence electrons. The fraction of sp³-hybridized carbons (Fsp3) is 0.692. The quantitative estimate of drug-likeness (QED) is 0.440. The normalized spacial score (nSPS) is 22.5. The second kappa shape index (κ2) is 11.5. The summed E-state index contributed by atoms with van der Waals surface area (Å²) < 4.78 is 0. The average Bonchev–Trinajstić information content (AvgIpc) is 3.21. The molecule has 1 atom stereocenters. The summed E-state index contributed by atoms with van der Waals surface area (Å²) in [6, 6.07) is 1.91. The van der Waals surface area contributed by atoms with Crippen molar-refractivity contribution < 1.29 is 19.8 Å². The van der Waals surface area contributed by atoms with Crippen LogP contribution >= 0.6 is 11.3 Å². The van der Waals surface area contributed by atoms with Crippen molar-refractivity contribution in [2.24, 2.45) is 11.8 Å². The summed E-state index contributed by atoms with van der Waals surface area (Å²) >= 11 is 1.31. The molecule has 1 heterocycles. The first-order valence-corrected chi connectivity index (χ1v) is 13.2. The van der Waals surface area contributed by atoms with Gasteiger partial charge in [-0.2, -0.15) is 0 Å². The Hall–Kier alpha value is -1.66. The van der Waals surface area contributed by atoms with Gasteiger partial charge in [0, 0.05) is 16.8 Å². The zero-order valence-corrected chi connectivity index (χ0v) is 20.6. The van der Waals surface area contributed by atoms with Crippen molar-refractivity contribution in [2.45, 2.75) is 104 Å². The van der Waals surface area contributed by atoms with E-state index in [0.717, 1.165) is 43.4 Å². The monoisotopic (exact) mass is 461 g/mol. The smallest absolute Gasteiger partial charge is 0.348 e. The number of hydrogen-bond acceptors (Lipinski definition) is 4. The molecule has 1 aromatic rings. The Kier molecular flexibility index (Phi) is 8.95. The molecule has 0 bridgehead atoms. The molecular weight excluding hydrogens is 422 g/mol. The fourth-order valence-corrected chi connectivity index (χ4v) is 6.04. The Morgan fingerprint density at radius 3 is 2.44 bits per heavy atom. The number of carbonyl (C=O) groups is 2. The fourth-order valence-electron chi connectivity index (χ4n) is 4.98. The van der Waals surface area contributed by atoms with Gasteiger partial charge >= 0.3 is 5.97 Å². The highest BCUT2D eigenvalue weighted by atomic mass is 32.1. The number of hydrogen-bond donors (Lipinski definition) is 2. The van der Waals surface area contributed by atoms with E-state index in [1.54, 1.807) is 0 Å². The molecule has 2 aliphatic rings. The number of thiophene rings is 1. The molecule has 5 nitrogen and oxygen atoms in total. The van der Waals surface area contributed by atoms with E-state index in [-0.39, 0.29) is 28.8 Å². The summed E-state index contributed by atoms with van der Waals surface area (Å²) in [5.74, 6) is -0.491. The molecule has 0 aliphatic heterocycles. The first-order valence-electron chi connectivity index (χ1n) is 12.4. The van der Waals surface area contributed by atoms with Gasteiger partial charge in [0.2, 0.25) is 5.91 Å². The molecule has 0 saturated heterocycles. The summed E-state index contributed by atoms with van der Waals surface area (Å²) in [6.07, 6.45) is 11.5. The van der Waals surface area contributed by atoms with Crippen LogP contribution in [0.15, 0.2) is 12.1 Å². The summed E-state index contributed by atoms with van der Waals surface area (Å²) in [4.78, 5) is 29.2. The highest BCUT2D eigenvalue weighted by Gasteiger charge is 2.36. The average molecular weight is 462 g/mol. The van der Waals surface area contributed by atoms with Crippen LogP contribution in [0.1, 0.15) is 106 Å². The Labute approximate surface area is 196 Å². The van der Waals surface area contributed by atoms with Gasteiger partial charge in [0.05, 0.1) is 11.8 Å². The third-order valence-corrected chi connectivity index (χ3v) is 8.16. The van der Waals surface area contributed by atoms with Gasteiger partial charge in [-0.15, -0.1) is 11.3 Å². The van der Waals surface area contributed by atoms with Crippen LogP contribution in [0.3, 0.4) is 0 Å². The van der Waals surface area contributed by atoms with Crippen LogP contribution in [0.2, 0.25) is 0 Å². The topological polar surface area (TPSA) is 77.8 Å². The molecular formula is C26H39NO4S. The first kappa shape index (κ1) is 25.0. The van der Waals surface area contributed by atoms with Crippen LogP contribution in [0.5, 0.6) is 0 Å². The molecule has 0 spiro atoms. The van der Waals surface area contributed by atoms with E-state index in [2.05, 4.69) is 26.8 Å². The van der Waals surface area contributed by atoms with Gasteiger partial charge in [-0.1, -0.05) is 33.3 Å². The molecule has 1 fully saturated rings. The van der Waals surface area contributed by atoms with Crippen LogP contribution in [-0.2, 0) is 4.79 Å². The van der Waals surface area contributed by atoms with E-state index in [9.17, 15) is 19.8 Å². The number of aliphatic hydroxyl groups is 1. The maximum atomic E-state index is 13.9. The Morgan fingerprint density at radius 1 is 1.16 bits per heavy atom. The number of nitrogens with zero attached hydrogens (tertiary/aromatic N) is 1. The molecule has 2 aliphatic carbocycles. The molecule has 0 radical (unpaired) electrons. The van der Waals surface area contributed by atoms with Crippen molar-refractivity contribution in [3.63, 3.8) is 0 Å². The Bertz CT molecular complexity index is 820. The maximum absolute atomic E-state index is 13.9. The lowest BCUT2D eigenvalue weighted by Gasteiger charge is -2.37.